The standard InChI is InChI=1S/C20H23ClN4O/c1-14-3-2-8-24(12-14)20(26)13-25-17(11-22)10-18(23)19(25)9-15-4-6-16(21)7-5-15/h4-7,10,14H,2-3,8-9,12-13,23H2,1H3/t14-/m1/s1. The quantitative estimate of drug-likeness (QED) is 0.895. The van der Waals surface area contributed by atoms with Crippen LogP contribution in [0.4, 0.5) is 5.69 Å². The van der Waals surface area contributed by atoms with Gasteiger partial charge in [-0.15, -0.1) is 0 Å². The van der Waals surface area contributed by atoms with E-state index >= 15 is 0 Å². The lowest BCUT2D eigenvalue weighted by Gasteiger charge is -2.31. The summed E-state index contributed by atoms with van der Waals surface area (Å²) in [6.45, 7) is 3.88. The van der Waals surface area contributed by atoms with Crippen molar-refractivity contribution in [1.29, 1.82) is 5.26 Å². The summed E-state index contributed by atoms with van der Waals surface area (Å²) in [5.74, 6) is 0.562. The van der Waals surface area contributed by atoms with E-state index in [0.717, 1.165) is 37.2 Å². The Labute approximate surface area is 159 Å². The molecule has 0 radical (unpaired) electrons. The predicted molar refractivity (Wildman–Crippen MR) is 103 cm³/mol. The number of amides is 1. The monoisotopic (exact) mass is 370 g/mol. The number of nitrogens with two attached hydrogens (primary N) is 1. The SMILES string of the molecule is C[C@@H]1CCCN(C(=O)Cn2c(C#N)cc(N)c2Cc2ccc(Cl)cc2)C1. The summed E-state index contributed by atoms with van der Waals surface area (Å²) in [6, 6.07) is 11.3. The van der Waals surface area contributed by atoms with Crippen molar-refractivity contribution in [2.75, 3.05) is 18.8 Å². The maximum absolute atomic E-state index is 12.8. The fourth-order valence-corrected chi connectivity index (χ4v) is 3.65. The zero-order chi connectivity index (χ0) is 18.7. The molecule has 0 unspecified atom stereocenters. The maximum Gasteiger partial charge on any atom is 0.242 e. The Morgan fingerprint density at radius 3 is 2.77 bits per heavy atom. The van der Waals surface area contributed by atoms with Gasteiger partial charge < -0.3 is 15.2 Å². The number of hydrogen-bond acceptors (Lipinski definition) is 3. The van der Waals surface area contributed by atoms with E-state index in [-0.39, 0.29) is 12.5 Å². The van der Waals surface area contributed by atoms with E-state index in [2.05, 4.69) is 13.0 Å². The molecule has 6 heteroatoms. The highest BCUT2D eigenvalue weighted by Crippen LogP contribution is 2.23. The van der Waals surface area contributed by atoms with Gasteiger partial charge in [-0.25, -0.2) is 0 Å². The van der Waals surface area contributed by atoms with E-state index in [4.69, 9.17) is 17.3 Å². The molecule has 5 nitrogen and oxygen atoms in total. The number of nitrogen functional groups attached to an aromatic ring is 1. The molecule has 2 aromatic rings. The lowest BCUT2D eigenvalue weighted by Crippen LogP contribution is -2.41. The van der Waals surface area contributed by atoms with E-state index in [1.54, 1.807) is 10.6 Å². The second-order valence-electron chi connectivity index (χ2n) is 7.02. The topological polar surface area (TPSA) is 75.0 Å². The van der Waals surface area contributed by atoms with E-state index in [1.807, 2.05) is 29.2 Å². The predicted octanol–water partition coefficient (Wildman–Crippen LogP) is 3.44. The number of hydrogen-bond donors (Lipinski definition) is 1. The first-order valence-electron chi connectivity index (χ1n) is 8.88. The first-order valence-corrected chi connectivity index (χ1v) is 9.26. The molecule has 1 atom stereocenters. The number of anilines is 1. The largest absolute Gasteiger partial charge is 0.397 e. The lowest BCUT2D eigenvalue weighted by atomic mass is 10.0. The van der Waals surface area contributed by atoms with E-state index in [9.17, 15) is 10.1 Å². The van der Waals surface area contributed by atoms with Gasteiger partial charge in [0.2, 0.25) is 5.91 Å². The van der Waals surface area contributed by atoms with Gasteiger partial charge in [0.25, 0.3) is 0 Å². The van der Waals surface area contributed by atoms with Crippen molar-refractivity contribution < 1.29 is 4.79 Å². The molecule has 1 aliphatic rings. The highest BCUT2D eigenvalue weighted by molar-refractivity contribution is 6.30. The van der Waals surface area contributed by atoms with Crippen LogP contribution in [-0.4, -0.2) is 28.5 Å². The van der Waals surface area contributed by atoms with Crippen LogP contribution >= 0.6 is 11.6 Å². The Kier molecular flexibility index (Phi) is 5.53. The average Bonchev–Trinajstić information content (AvgIpc) is 2.92. The van der Waals surface area contributed by atoms with Gasteiger partial charge in [0.15, 0.2) is 0 Å². The molecule has 2 heterocycles. The summed E-state index contributed by atoms with van der Waals surface area (Å²) < 4.78 is 1.76. The van der Waals surface area contributed by atoms with Crippen LogP contribution < -0.4 is 5.73 Å². The van der Waals surface area contributed by atoms with E-state index in [1.165, 1.54) is 0 Å². The summed E-state index contributed by atoms with van der Waals surface area (Å²) >= 11 is 5.95. The third-order valence-electron chi connectivity index (χ3n) is 4.94. The molecule has 1 amide bonds. The molecule has 0 bridgehead atoms. The smallest absolute Gasteiger partial charge is 0.242 e. The molecule has 0 spiro atoms. The number of nitrogens with zero attached hydrogens (tertiary/aromatic N) is 3. The van der Waals surface area contributed by atoms with Crippen molar-refractivity contribution in [3.63, 3.8) is 0 Å². The van der Waals surface area contributed by atoms with Gasteiger partial charge in [0.05, 0.1) is 5.69 Å². The fraction of sp³-hybridized carbons (Fsp3) is 0.400. The zero-order valence-electron chi connectivity index (χ0n) is 14.9. The minimum Gasteiger partial charge on any atom is -0.397 e. The Balaban J connectivity index is 1.84. The van der Waals surface area contributed by atoms with Crippen molar-refractivity contribution >= 4 is 23.2 Å². The number of nitriles is 1. The Bertz CT molecular complexity index is 835. The van der Waals surface area contributed by atoms with Gasteiger partial charge in [-0.1, -0.05) is 30.7 Å². The van der Waals surface area contributed by atoms with E-state index < -0.39 is 0 Å². The first kappa shape index (κ1) is 18.3. The van der Waals surface area contributed by atoms with Crippen LogP contribution in [0.2, 0.25) is 5.02 Å². The summed E-state index contributed by atoms with van der Waals surface area (Å²) in [5.41, 5.74) is 8.93. The molecule has 1 aromatic carbocycles. The minimum atomic E-state index is 0.0426. The highest BCUT2D eigenvalue weighted by atomic mass is 35.5. The maximum atomic E-state index is 12.8. The third kappa shape index (κ3) is 4.03. The highest BCUT2D eigenvalue weighted by Gasteiger charge is 2.23. The molecule has 1 saturated heterocycles. The van der Waals surface area contributed by atoms with Crippen LogP contribution in [0.5, 0.6) is 0 Å². The minimum absolute atomic E-state index is 0.0426. The first-order chi connectivity index (χ1) is 12.5. The summed E-state index contributed by atoms with van der Waals surface area (Å²) in [4.78, 5) is 14.7. The molecule has 3 rings (SSSR count). The van der Waals surface area contributed by atoms with Gasteiger partial charge in [0, 0.05) is 30.2 Å². The summed E-state index contributed by atoms with van der Waals surface area (Å²) in [5, 5.41) is 10.1. The van der Waals surface area contributed by atoms with Crippen LogP contribution in [0.15, 0.2) is 30.3 Å². The Hall–Kier alpha value is -2.45. The third-order valence-corrected chi connectivity index (χ3v) is 5.20. The molecule has 1 aromatic heterocycles. The van der Waals surface area contributed by atoms with Gasteiger partial charge in [0.1, 0.15) is 18.3 Å². The van der Waals surface area contributed by atoms with E-state index in [0.29, 0.717) is 28.7 Å². The Morgan fingerprint density at radius 1 is 1.38 bits per heavy atom. The Morgan fingerprint density at radius 2 is 2.12 bits per heavy atom. The number of likely N-dealkylation sites (tertiary alicyclic amines) is 1. The van der Waals surface area contributed by atoms with Crippen molar-refractivity contribution in [2.24, 2.45) is 5.92 Å². The molecular formula is C20H23ClN4O. The number of aromatic nitrogens is 1. The molecule has 136 valence electrons. The van der Waals surface area contributed by atoms with Gasteiger partial charge >= 0.3 is 0 Å². The average molecular weight is 371 g/mol. The number of halogens is 1. The molecule has 26 heavy (non-hydrogen) atoms. The number of benzene rings is 1. The molecule has 0 saturated carbocycles. The summed E-state index contributed by atoms with van der Waals surface area (Å²) in [6.07, 6.45) is 2.74. The fourth-order valence-electron chi connectivity index (χ4n) is 3.53. The molecular weight excluding hydrogens is 348 g/mol. The number of carbonyl (C=O) groups excluding carboxylic acids is 1. The molecule has 2 N–H and O–H groups in total. The molecule has 1 fully saturated rings. The van der Waals surface area contributed by atoms with Crippen molar-refractivity contribution in [2.45, 2.75) is 32.7 Å². The van der Waals surface area contributed by atoms with Crippen LogP contribution in [0.1, 0.15) is 36.7 Å². The number of rotatable bonds is 4. The van der Waals surface area contributed by atoms with Crippen molar-refractivity contribution in [1.82, 2.24) is 9.47 Å². The van der Waals surface area contributed by atoms with Crippen molar-refractivity contribution in [3.8, 4) is 6.07 Å². The van der Waals surface area contributed by atoms with Crippen LogP contribution in [0, 0.1) is 17.2 Å². The number of piperidine rings is 1. The summed E-state index contributed by atoms with van der Waals surface area (Å²) in [7, 11) is 0. The number of carbonyl (C=O) groups is 1. The van der Waals surface area contributed by atoms with Crippen LogP contribution in [-0.2, 0) is 17.8 Å². The zero-order valence-corrected chi connectivity index (χ0v) is 15.7. The van der Waals surface area contributed by atoms with Gasteiger partial charge in [-0.3, -0.25) is 4.79 Å². The van der Waals surface area contributed by atoms with Crippen LogP contribution in [0.25, 0.3) is 0 Å². The van der Waals surface area contributed by atoms with Gasteiger partial charge in [-0.2, -0.15) is 5.26 Å². The second-order valence-corrected chi connectivity index (χ2v) is 7.46. The second kappa shape index (κ2) is 7.84. The molecule has 1 aliphatic heterocycles. The van der Waals surface area contributed by atoms with Gasteiger partial charge in [-0.05, 0) is 42.5 Å². The van der Waals surface area contributed by atoms with Crippen molar-refractivity contribution in [3.05, 3.63) is 52.3 Å². The molecule has 0 aliphatic carbocycles. The lowest BCUT2D eigenvalue weighted by molar-refractivity contribution is -0.133. The normalized spacial score (nSPS) is 17.1. The van der Waals surface area contributed by atoms with Crippen LogP contribution in [0.3, 0.4) is 0 Å².